The molecule has 1 fully saturated rings. The molecule has 2 heterocycles. The molecule has 1 aromatic carbocycles. The molecular weight excluding hydrogens is 361 g/mol. The Kier molecular flexibility index (Phi) is 5.96. The number of benzene rings is 1. The minimum atomic E-state index is -0.348. The van der Waals surface area contributed by atoms with E-state index >= 15 is 0 Å². The van der Waals surface area contributed by atoms with E-state index in [9.17, 15) is 14.0 Å². The Morgan fingerprint density at radius 3 is 2.39 bits per heavy atom. The summed E-state index contributed by atoms with van der Waals surface area (Å²) in [5, 5.41) is 9.97. The number of nitrogens with one attached hydrogen (secondary N) is 2. The number of aryl methyl sites for hydroxylation is 2. The van der Waals surface area contributed by atoms with E-state index in [0.717, 1.165) is 17.0 Å². The summed E-state index contributed by atoms with van der Waals surface area (Å²) in [6.07, 6.45) is 1.76. The smallest absolute Gasteiger partial charge is 0.319 e. The quantitative estimate of drug-likeness (QED) is 0.846. The largest absolute Gasteiger partial charge is 0.342 e. The van der Waals surface area contributed by atoms with Crippen molar-refractivity contribution < 1.29 is 14.0 Å². The second kappa shape index (κ2) is 8.41. The summed E-state index contributed by atoms with van der Waals surface area (Å²) in [5.41, 5.74) is 3.43. The Hall–Kier alpha value is -2.90. The van der Waals surface area contributed by atoms with Gasteiger partial charge in [-0.05, 0) is 51.0 Å². The van der Waals surface area contributed by atoms with Gasteiger partial charge in [-0.1, -0.05) is 0 Å². The van der Waals surface area contributed by atoms with Gasteiger partial charge in [-0.2, -0.15) is 5.10 Å². The maximum Gasteiger partial charge on any atom is 0.319 e. The van der Waals surface area contributed by atoms with Gasteiger partial charge in [0.15, 0.2) is 0 Å². The van der Waals surface area contributed by atoms with E-state index in [4.69, 9.17) is 0 Å². The lowest BCUT2D eigenvalue weighted by molar-refractivity contribution is -0.131. The van der Waals surface area contributed by atoms with Crippen LogP contribution in [0.2, 0.25) is 0 Å². The standard InChI is InChI=1S/C20H26FN5O2/c1-13-18(14(2)25(3)24-13)12-19(27)26-10-8-17(9-11-26)23-20(28)22-16-6-4-15(21)5-7-16/h4-7,17H,8-12H2,1-3H3,(H2,22,23,28). The highest BCUT2D eigenvalue weighted by Crippen LogP contribution is 2.17. The molecule has 0 bridgehead atoms. The fourth-order valence-electron chi connectivity index (χ4n) is 3.50. The lowest BCUT2D eigenvalue weighted by atomic mass is 10.0. The second-order valence-electron chi connectivity index (χ2n) is 7.21. The summed E-state index contributed by atoms with van der Waals surface area (Å²) >= 11 is 0. The maximum atomic E-state index is 12.9. The molecule has 1 saturated heterocycles. The molecule has 0 aliphatic carbocycles. The average molecular weight is 387 g/mol. The number of anilines is 1. The SMILES string of the molecule is Cc1nn(C)c(C)c1CC(=O)N1CCC(NC(=O)Nc2ccc(F)cc2)CC1. The van der Waals surface area contributed by atoms with Crippen molar-refractivity contribution in [1.82, 2.24) is 20.0 Å². The van der Waals surface area contributed by atoms with Crippen LogP contribution in [0.4, 0.5) is 14.9 Å². The zero-order valence-electron chi connectivity index (χ0n) is 16.5. The summed E-state index contributed by atoms with van der Waals surface area (Å²) in [7, 11) is 1.88. The first kappa shape index (κ1) is 19.9. The molecule has 1 aliphatic heterocycles. The Labute approximate surface area is 163 Å². The van der Waals surface area contributed by atoms with Crippen LogP contribution in [0, 0.1) is 19.7 Å². The van der Waals surface area contributed by atoms with E-state index in [1.165, 1.54) is 24.3 Å². The lowest BCUT2D eigenvalue weighted by Gasteiger charge is -2.32. The molecule has 0 spiro atoms. The van der Waals surface area contributed by atoms with Crippen LogP contribution in [0.25, 0.3) is 0 Å². The van der Waals surface area contributed by atoms with Gasteiger partial charge in [0.2, 0.25) is 5.91 Å². The molecule has 150 valence electrons. The number of urea groups is 1. The minimum Gasteiger partial charge on any atom is -0.342 e. The van der Waals surface area contributed by atoms with Gasteiger partial charge < -0.3 is 15.5 Å². The van der Waals surface area contributed by atoms with Gasteiger partial charge in [0, 0.05) is 43.1 Å². The van der Waals surface area contributed by atoms with Crippen LogP contribution in [0.5, 0.6) is 0 Å². The van der Waals surface area contributed by atoms with Crippen LogP contribution in [0.3, 0.4) is 0 Å². The van der Waals surface area contributed by atoms with Crippen LogP contribution in [0.1, 0.15) is 29.8 Å². The van der Waals surface area contributed by atoms with E-state index in [-0.39, 0.29) is 23.8 Å². The van der Waals surface area contributed by atoms with Crippen molar-refractivity contribution in [3.05, 3.63) is 47.0 Å². The average Bonchev–Trinajstić information content (AvgIpc) is 2.90. The zero-order chi connectivity index (χ0) is 20.3. The fraction of sp³-hybridized carbons (Fsp3) is 0.450. The summed E-state index contributed by atoms with van der Waals surface area (Å²) in [4.78, 5) is 26.6. The first-order valence-corrected chi connectivity index (χ1v) is 9.43. The third kappa shape index (κ3) is 4.68. The van der Waals surface area contributed by atoms with Gasteiger partial charge in [-0.15, -0.1) is 0 Å². The normalized spacial score (nSPS) is 14.8. The monoisotopic (exact) mass is 387 g/mol. The van der Waals surface area contributed by atoms with Crippen molar-refractivity contribution in [3.8, 4) is 0 Å². The third-order valence-corrected chi connectivity index (χ3v) is 5.27. The molecule has 0 radical (unpaired) electrons. The van der Waals surface area contributed by atoms with Gasteiger partial charge in [-0.25, -0.2) is 9.18 Å². The minimum absolute atomic E-state index is 0.00589. The van der Waals surface area contributed by atoms with Gasteiger partial charge in [0.25, 0.3) is 0 Å². The summed E-state index contributed by atoms with van der Waals surface area (Å²) in [5.74, 6) is -0.256. The highest BCUT2D eigenvalue weighted by atomic mass is 19.1. The molecule has 28 heavy (non-hydrogen) atoms. The Balaban J connectivity index is 1.46. The number of hydrogen-bond donors (Lipinski definition) is 2. The molecule has 0 unspecified atom stereocenters. The van der Waals surface area contributed by atoms with Crippen molar-refractivity contribution in [2.45, 2.75) is 39.2 Å². The lowest BCUT2D eigenvalue weighted by Crippen LogP contribution is -2.48. The van der Waals surface area contributed by atoms with Crippen molar-refractivity contribution >= 4 is 17.6 Å². The fourth-order valence-corrected chi connectivity index (χ4v) is 3.50. The van der Waals surface area contributed by atoms with E-state index in [1.54, 1.807) is 4.68 Å². The number of aromatic nitrogens is 2. The number of carbonyl (C=O) groups is 2. The van der Waals surface area contributed by atoms with Crippen LogP contribution in [-0.4, -0.2) is 45.8 Å². The molecule has 0 atom stereocenters. The summed E-state index contributed by atoms with van der Waals surface area (Å²) in [6.45, 7) is 5.11. The third-order valence-electron chi connectivity index (χ3n) is 5.27. The van der Waals surface area contributed by atoms with Crippen molar-refractivity contribution in [2.75, 3.05) is 18.4 Å². The number of amides is 3. The molecule has 2 N–H and O–H groups in total. The molecular formula is C20H26FN5O2. The molecule has 8 heteroatoms. The Bertz CT molecular complexity index is 854. The number of rotatable bonds is 4. The van der Waals surface area contributed by atoms with Crippen LogP contribution in [-0.2, 0) is 18.3 Å². The summed E-state index contributed by atoms with van der Waals surface area (Å²) in [6, 6.07) is 5.30. The first-order chi connectivity index (χ1) is 13.3. The predicted octanol–water partition coefficient (Wildman–Crippen LogP) is 2.53. The summed E-state index contributed by atoms with van der Waals surface area (Å²) < 4.78 is 14.7. The van der Waals surface area contributed by atoms with Gasteiger partial charge in [0.05, 0.1) is 12.1 Å². The number of hydrogen-bond acceptors (Lipinski definition) is 3. The highest BCUT2D eigenvalue weighted by Gasteiger charge is 2.25. The Morgan fingerprint density at radius 1 is 1.18 bits per heavy atom. The molecule has 1 aromatic heterocycles. The number of likely N-dealkylation sites (tertiary alicyclic amines) is 1. The van der Waals surface area contributed by atoms with E-state index in [2.05, 4.69) is 15.7 Å². The van der Waals surface area contributed by atoms with E-state index < -0.39 is 0 Å². The zero-order valence-corrected chi connectivity index (χ0v) is 16.5. The number of piperidine rings is 1. The molecule has 2 aromatic rings. The van der Waals surface area contributed by atoms with E-state index in [1.807, 2.05) is 25.8 Å². The van der Waals surface area contributed by atoms with Gasteiger partial charge in [0.1, 0.15) is 5.82 Å². The van der Waals surface area contributed by atoms with Gasteiger partial charge in [-0.3, -0.25) is 9.48 Å². The van der Waals surface area contributed by atoms with Crippen molar-refractivity contribution in [1.29, 1.82) is 0 Å². The second-order valence-corrected chi connectivity index (χ2v) is 7.21. The number of halogens is 1. The van der Waals surface area contributed by atoms with Crippen LogP contribution < -0.4 is 10.6 Å². The maximum absolute atomic E-state index is 12.9. The van der Waals surface area contributed by atoms with Crippen molar-refractivity contribution in [2.24, 2.45) is 7.05 Å². The highest BCUT2D eigenvalue weighted by molar-refractivity contribution is 5.89. The predicted molar refractivity (Wildman–Crippen MR) is 105 cm³/mol. The van der Waals surface area contributed by atoms with E-state index in [0.29, 0.717) is 38.0 Å². The number of carbonyl (C=O) groups excluding carboxylic acids is 2. The van der Waals surface area contributed by atoms with Crippen LogP contribution in [0.15, 0.2) is 24.3 Å². The van der Waals surface area contributed by atoms with Crippen molar-refractivity contribution in [3.63, 3.8) is 0 Å². The molecule has 3 amide bonds. The first-order valence-electron chi connectivity index (χ1n) is 9.43. The molecule has 1 aliphatic rings. The molecule has 7 nitrogen and oxygen atoms in total. The van der Waals surface area contributed by atoms with Crippen LogP contribution >= 0.6 is 0 Å². The van der Waals surface area contributed by atoms with Gasteiger partial charge >= 0.3 is 6.03 Å². The number of nitrogens with zero attached hydrogens (tertiary/aromatic N) is 3. The Morgan fingerprint density at radius 2 is 1.82 bits per heavy atom. The molecule has 3 rings (SSSR count). The molecule has 0 saturated carbocycles. The topological polar surface area (TPSA) is 79.3 Å².